The lowest BCUT2D eigenvalue weighted by Gasteiger charge is -2.04. The molecular weight excluding hydrogens is 330 g/mol. The molecule has 3 rings (SSSR count). The van der Waals surface area contributed by atoms with E-state index >= 15 is 0 Å². The van der Waals surface area contributed by atoms with Gasteiger partial charge < -0.3 is 19.8 Å². The van der Waals surface area contributed by atoms with E-state index in [2.05, 4.69) is 15.3 Å². The van der Waals surface area contributed by atoms with Crippen LogP contribution in [-0.2, 0) is 16.0 Å². The van der Waals surface area contributed by atoms with Crippen LogP contribution >= 0.6 is 0 Å². The summed E-state index contributed by atoms with van der Waals surface area (Å²) in [5.74, 6) is 1.45. The van der Waals surface area contributed by atoms with Gasteiger partial charge in [0.1, 0.15) is 11.6 Å². The number of aromatic amines is 1. The molecule has 0 aliphatic heterocycles. The summed E-state index contributed by atoms with van der Waals surface area (Å²) in [7, 11) is 1.57. The smallest absolute Gasteiger partial charge is 0.244 e. The molecule has 0 unspecified atom stereocenters. The van der Waals surface area contributed by atoms with Crippen LogP contribution in [-0.4, -0.2) is 36.3 Å². The molecule has 1 aromatic heterocycles. The summed E-state index contributed by atoms with van der Waals surface area (Å²) in [5, 5.41) is 2.86. The van der Waals surface area contributed by atoms with Crippen molar-refractivity contribution in [3.63, 3.8) is 0 Å². The minimum absolute atomic E-state index is 0.138. The average Bonchev–Trinajstić information content (AvgIpc) is 3.08. The maximum Gasteiger partial charge on any atom is 0.244 e. The molecule has 0 aliphatic carbocycles. The highest BCUT2D eigenvalue weighted by molar-refractivity contribution is 5.91. The lowest BCUT2D eigenvalue weighted by molar-refractivity contribution is -0.116. The largest absolute Gasteiger partial charge is 0.468 e. The number of para-hydroxylation sites is 2. The highest BCUT2D eigenvalue weighted by Gasteiger charge is 2.02. The number of nitrogens with zero attached hydrogens (tertiary/aromatic N) is 1. The molecule has 0 saturated heterocycles. The maximum atomic E-state index is 11.9. The predicted octanol–water partition coefficient (Wildman–Crippen LogP) is 2.92. The maximum absolute atomic E-state index is 11.9. The van der Waals surface area contributed by atoms with Crippen molar-refractivity contribution in [3.8, 4) is 5.75 Å². The van der Waals surface area contributed by atoms with Gasteiger partial charge in [0, 0.05) is 26.2 Å². The number of nitrogens with one attached hydrogen (secondary N) is 2. The monoisotopic (exact) mass is 351 g/mol. The van der Waals surface area contributed by atoms with Crippen LogP contribution in [0.25, 0.3) is 17.1 Å². The minimum atomic E-state index is -0.138. The van der Waals surface area contributed by atoms with Crippen LogP contribution in [0.2, 0.25) is 0 Å². The molecule has 0 fully saturated rings. The highest BCUT2D eigenvalue weighted by Crippen LogP contribution is 2.13. The van der Waals surface area contributed by atoms with E-state index in [1.807, 2.05) is 48.5 Å². The number of hydrogen-bond donors (Lipinski definition) is 2. The fourth-order valence-electron chi connectivity index (χ4n) is 2.46. The van der Waals surface area contributed by atoms with Crippen molar-refractivity contribution >= 4 is 23.0 Å². The van der Waals surface area contributed by atoms with Crippen molar-refractivity contribution in [3.05, 3.63) is 66.0 Å². The number of benzene rings is 2. The van der Waals surface area contributed by atoms with Gasteiger partial charge in [-0.2, -0.15) is 0 Å². The number of amides is 1. The summed E-state index contributed by atoms with van der Waals surface area (Å²) in [4.78, 5) is 19.6. The summed E-state index contributed by atoms with van der Waals surface area (Å²) >= 11 is 0. The average molecular weight is 351 g/mol. The first-order chi connectivity index (χ1) is 12.7. The fraction of sp³-hybridized carbons (Fsp3) is 0.200. The second-order valence-corrected chi connectivity index (χ2v) is 5.69. The van der Waals surface area contributed by atoms with Gasteiger partial charge in [-0.1, -0.05) is 24.3 Å². The van der Waals surface area contributed by atoms with Gasteiger partial charge in [0.2, 0.25) is 5.91 Å². The zero-order chi connectivity index (χ0) is 18.2. The van der Waals surface area contributed by atoms with E-state index in [1.54, 1.807) is 13.2 Å². The molecule has 134 valence electrons. The number of H-pyrrole nitrogens is 1. The molecule has 0 atom stereocenters. The highest BCUT2D eigenvalue weighted by atomic mass is 16.7. The Balaban J connectivity index is 1.45. The van der Waals surface area contributed by atoms with Crippen molar-refractivity contribution in [2.45, 2.75) is 6.42 Å². The van der Waals surface area contributed by atoms with E-state index < -0.39 is 0 Å². The Morgan fingerprint density at radius 2 is 2.00 bits per heavy atom. The van der Waals surface area contributed by atoms with Crippen LogP contribution in [0.4, 0.5) is 0 Å². The summed E-state index contributed by atoms with van der Waals surface area (Å²) in [6, 6.07) is 15.3. The van der Waals surface area contributed by atoms with Gasteiger partial charge >= 0.3 is 0 Å². The molecule has 26 heavy (non-hydrogen) atoms. The molecule has 2 aromatic carbocycles. The third-order valence-electron chi connectivity index (χ3n) is 3.75. The Morgan fingerprint density at radius 1 is 1.19 bits per heavy atom. The van der Waals surface area contributed by atoms with Gasteiger partial charge in [-0.25, -0.2) is 4.98 Å². The van der Waals surface area contributed by atoms with Crippen molar-refractivity contribution in [2.75, 3.05) is 20.4 Å². The van der Waals surface area contributed by atoms with E-state index in [0.29, 0.717) is 13.0 Å². The molecular formula is C20H21N3O3. The second-order valence-electron chi connectivity index (χ2n) is 5.69. The number of ether oxygens (including phenoxy) is 2. The molecule has 0 spiro atoms. The molecule has 0 radical (unpaired) electrons. The first kappa shape index (κ1) is 17.7. The summed E-state index contributed by atoms with van der Waals surface area (Å²) in [6.45, 7) is 0.732. The van der Waals surface area contributed by atoms with E-state index in [0.717, 1.165) is 28.2 Å². The zero-order valence-electron chi connectivity index (χ0n) is 14.6. The van der Waals surface area contributed by atoms with Gasteiger partial charge in [0.25, 0.3) is 0 Å². The SMILES string of the molecule is COCOc1ccc(/C=C/C(=O)NCCc2nc3ccccc3[nH]2)cc1. The van der Waals surface area contributed by atoms with Crippen molar-refractivity contribution in [1.82, 2.24) is 15.3 Å². The Labute approximate surface area is 151 Å². The molecule has 2 N–H and O–H groups in total. The Bertz CT molecular complexity index is 852. The normalized spacial score (nSPS) is 11.1. The summed E-state index contributed by atoms with van der Waals surface area (Å²) < 4.78 is 10.2. The van der Waals surface area contributed by atoms with Crippen LogP contribution < -0.4 is 10.1 Å². The molecule has 6 heteroatoms. The lowest BCUT2D eigenvalue weighted by Crippen LogP contribution is -2.23. The van der Waals surface area contributed by atoms with Gasteiger partial charge in [0.05, 0.1) is 11.0 Å². The van der Waals surface area contributed by atoms with Gasteiger partial charge in [-0.05, 0) is 35.9 Å². The third-order valence-corrected chi connectivity index (χ3v) is 3.75. The lowest BCUT2D eigenvalue weighted by atomic mass is 10.2. The van der Waals surface area contributed by atoms with Crippen molar-refractivity contribution in [2.24, 2.45) is 0 Å². The first-order valence-electron chi connectivity index (χ1n) is 8.36. The van der Waals surface area contributed by atoms with Gasteiger partial charge in [-0.3, -0.25) is 4.79 Å². The van der Waals surface area contributed by atoms with Gasteiger partial charge in [-0.15, -0.1) is 0 Å². The van der Waals surface area contributed by atoms with Crippen LogP contribution in [0.15, 0.2) is 54.6 Å². The third kappa shape index (κ3) is 4.94. The quantitative estimate of drug-likeness (QED) is 0.483. The number of methoxy groups -OCH3 is 1. The van der Waals surface area contributed by atoms with Crippen LogP contribution in [0, 0.1) is 0 Å². The standard InChI is InChI=1S/C20H21N3O3/c1-25-14-26-16-9-6-15(7-10-16)8-11-20(24)21-13-12-19-22-17-4-2-3-5-18(17)23-19/h2-11H,12-14H2,1H3,(H,21,24)(H,22,23)/b11-8+. The van der Waals surface area contributed by atoms with Crippen molar-refractivity contribution in [1.29, 1.82) is 0 Å². The molecule has 0 aliphatic rings. The molecule has 1 amide bonds. The Morgan fingerprint density at radius 3 is 2.77 bits per heavy atom. The van der Waals surface area contributed by atoms with Crippen molar-refractivity contribution < 1.29 is 14.3 Å². The Hall–Kier alpha value is -3.12. The van der Waals surface area contributed by atoms with E-state index in [4.69, 9.17) is 9.47 Å². The number of aromatic nitrogens is 2. The topological polar surface area (TPSA) is 76.2 Å². The van der Waals surface area contributed by atoms with E-state index in [1.165, 1.54) is 6.08 Å². The number of carbonyl (C=O) groups excluding carboxylic acids is 1. The molecule has 0 bridgehead atoms. The first-order valence-corrected chi connectivity index (χ1v) is 8.36. The number of hydrogen-bond acceptors (Lipinski definition) is 4. The number of rotatable bonds is 8. The van der Waals surface area contributed by atoms with Crippen LogP contribution in [0.3, 0.4) is 0 Å². The number of imidazole rings is 1. The van der Waals surface area contributed by atoms with Gasteiger partial charge in [0.15, 0.2) is 6.79 Å². The molecule has 6 nitrogen and oxygen atoms in total. The molecule has 0 saturated carbocycles. The summed E-state index contributed by atoms with van der Waals surface area (Å²) in [6.07, 6.45) is 3.93. The predicted molar refractivity (Wildman–Crippen MR) is 101 cm³/mol. The van der Waals surface area contributed by atoms with E-state index in [-0.39, 0.29) is 12.7 Å². The van der Waals surface area contributed by atoms with E-state index in [9.17, 15) is 4.79 Å². The fourth-order valence-corrected chi connectivity index (χ4v) is 2.46. The molecule has 3 aromatic rings. The molecule has 1 heterocycles. The number of fused-ring (bicyclic) bond motifs is 1. The van der Waals surface area contributed by atoms with Crippen LogP contribution in [0.1, 0.15) is 11.4 Å². The number of carbonyl (C=O) groups is 1. The van der Waals surface area contributed by atoms with Crippen LogP contribution in [0.5, 0.6) is 5.75 Å². The Kier molecular flexibility index (Phi) is 6.01. The zero-order valence-corrected chi connectivity index (χ0v) is 14.6. The summed E-state index contributed by atoms with van der Waals surface area (Å²) in [5.41, 5.74) is 2.86. The minimum Gasteiger partial charge on any atom is -0.468 e. The second kappa shape index (κ2) is 8.82.